The van der Waals surface area contributed by atoms with Crippen molar-refractivity contribution in [1.29, 1.82) is 0 Å². The molecule has 0 unspecified atom stereocenters. The van der Waals surface area contributed by atoms with Crippen molar-refractivity contribution in [3.63, 3.8) is 0 Å². The minimum Gasteiger partial charge on any atom is -0.748 e. The number of sulfone groups is 1. The van der Waals surface area contributed by atoms with Gasteiger partial charge in [-0.2, -0.15) is 0 Å². The van der Waals surface area contributed by atoms with Gasteiger partial charge in [0.05, 0.1) is 22.9 Å². The molecular formula is C4H7O6S2-. The van der Waals surface area contributed by atoms with Gasteiger partial charge >= 0.3 is 0 Å². The summed E-state index contributed by atoms with van der Waals surface area (Å²) in [5, 5.41) is 7.21. The van der Waals surface area contributed by atoms with Crippen LogP contribution in [0.25, 0.3) is 0 Å². The summed E-state index contributed by atoms with van der Waals surface area (Å²) in [5.74, 6) is -1.40. The van der Waals surface area contributed by atoms with Gasteiger partial charge in [-0.05, 0) is 0 Å². The van der Waals surface area contributed by atoms with Crippen LogP contribution in [-0.2, 0) is 20.0 Å². The molecule has 1 N–H and O–H groups in total. The molecule has 6 nitrogen and oxygen atoms in total. The van der Waals surface area contributed by atoms with Gasteiger partial charge in [0.2, 0.25) is 0 Å². The molecule has 2 atom stereocenters. The first-order valence-electron chi connectivity index (χ1n) is 3.05. The Morgan fingerprint density at radius 2 is 1.83 bits per heavy atom. The summed E-state index contributed by atoms with van der Waals surface area (Å²) in [6.45, 7) is 0. The van der Waals surface area contributed by atoms with Crippen LogP contribution in [0.2, 0.25) is 0 Å². The van der Waals surface area contributed by atoms with Crippen LogP contribution in [0, 0.1) is 0 Å². The molecule has 72 valence electrons. The fraction of sp³-hybridized carbons (Fsp3) is 1.00. The quantitative estimate of drug-likeness (QED) is 0.492. The van der Waals surface area contributed by atoms with E-state index in [0.29, 0.717) is 0 Å². The van der Waals surface area contributed by atoms with Gasteiger partial charge in [0.25, 0.3) is 0 Å². The van der Waals surface area contributed by atoms with Crippen LogP contribution in [0.1, 0.15) is 0 Å². The second kappa shape index (κ2) is 2.66. The standard InChI is InChI=1S/C4H8O6S2/c5-3-1-11(6,7)2-4(3)12(8,9)10/h3-5H,1-2H2,(H,8,9,10)/p-1/t3-,4+/m1/s1. The van der Waals surface area contributed by atoms with Crippen LogP contribution in [0.3, 0.4) is 0 Å². The van der Waals surface area contributed by atoms with Crippen molar-refractivity contribution in [2.75, 3.05) is 11.5 Å². The Morgan fingerprint density at radius 3 is 2.00 bits per heavy atom. The zero-order valence-electron chi connectivity index (χ0n) is 5.87. The molecule has 0 aromatic rings. The molecule has 1 aliphatic heterocycles. The van der Waals surface area contributed by atoms with E-state index in [1.165, 1.54) is 0 Å². The highest BCUT2D eigenvalue weighted by molar-refractivity contribution is 7.94. The topological polar surface area (TPSA) is 112 Å². The van der Waals surface area contributed by atoms with Crippen LogP contribution in [0.4, 0.5) is 0 Å². The zero-order chi connectivity index (χ0) is 9.57. The van der Waals surface area contributed by atoms with E-state index in [1.807, 2.05) is 0 Å². The van der Waals surface area contributed by atoms with Gasteiger partial charge in [-0.1, -0.05) is 0 Å². The van der Waals surface area contributed by atoms with Crippen molar-refractivity contribution in [3.8, 4) is 0 Å². The van der Waals surface area contributed by atoms with Crippen LogP contribution < -0.4 is 0 Å². The highest BCUT2D eigenvalue weighted by Crippen LogP contribution is 2.18. The molecule has 0 amide bonds. The van der Waals surface area contributed by atoms with Crippen molar-refractivity contribution in [3.05, 3.63) is 0 Å². The molecule has 12 heavy (non-hydrogen) atoms. The second-order valence-electron chi connectivity index (χ2n) is 2.68. The highest BCUT2D eigenvalue weighted by atomic mass is 32.2. The minimum atomic E-state index is -4.70. The first-order valence-corrected chi connectivity index (χ1v) is 6.35. The summed E-state index contributed by atoms with van der Waals surface area (Å²) >= 11 is 0. The Labute approximate surface area is 69.9 Å². The van der Waals surface area contributed by atoms with Crippen molar-refractivity contribution >= 4 is 20.0 Å². The SMILES string of the molecule is O=S1(=O)C[C@@H](O)[C@@H](S(=O)(=O)[O-])C1. The largest absolute Gasteiger partial charge is 0.748 e. The van der Waals surface area contributed by atoms with E-state index in [1.54, 1.807) is 0 Å². The Balaban J connectivity index is 3.01. The van der Waals surface area contributed by atoms with Crippen LogP contribution >= 0.6 is 0 Å². The molecule has 1 rings (SSSR count). The third-order valence-electron chi connectivity index (χ3n) is 1.64. The average Bonchev–Trinajstić information content (AvgIpc) is 2.03. The lowest BCUT2D eigenvalue weighted by molar-refractivity contribution is 0.200. The van der Waals surface area contributed by atoms with Gasteiger partial charge in [0.1, 0.15) is 10.1 Å². The van der Waals surface area contributed by atoms with E-state index in [0.717, 1.165) is 0 Å². The smallest absolute Gasteiger partial charge is 0.154 e. The number of rotatable bonds is 1. The number of hydrogen-bond acceptors (Lipinski definition) is 6. The molecule has 0 saturated carbocycles. The maximum atomic E-state index is 10.7. The third kappa shape index (κ3) is 1.94. The maximum Gasteiger partial charge on any atom is 0.154 e. The van der Waals surface area contributed by atoms with E-state index in [-0.39, 0.29) is 0 Å². The maximum absolute atomic E-state index is 10.7. The first-order chi connectivity index (χ1) is 5.22. The van der Waals surface area contributed by atoms with Gasteiger partial charge in [0, 0.05) is 0 Å². The number of aliphatic hydroxyl groups excluding tert-OH is 1. The van der Waals surface area contributed by atoms with E-state index in [2.05, 4.69) is 0 Å². The molecule has 1 aliphatic rings. The summed E-state index contributed by atoms with van der Waals surface area (Å²) in [7, 11) is -8.26. The van der Waals surface area contributed by atoms with E-state index in [9.17, 15) is 21.4 Å². The molecule has 1 fully saturated rings. The lowest BCUT2D eigenvalue weighted by Gasteiger charge is -2.16. The molecule has 0 aliphatic carbocycles. The fourth-order valence-electron chi connectivity index (χ4n) is 1.07. The van der Waals surface area contributed by atoms with Crippen molar-refractivity contribution < 1.29 is 26.5 Å². The predicted molar refractivity (Wildman–Crippen MR) is 38.1 cm³/mol. The summed E-state index contributed by atoms with van der Waals surface area (Å²) in [5.41, 5.74) is 0. The molecule has 0 aromatic carbocycles. The van der Waals surface area contributed by atoms with Crippen molar-refractivity contribution in [2.24, 2.45) is 0 Å². The molecule has 1 saturated heterocycles. The van der Waals surface area contributed by atoms with E-state index in [4.69, 9.17) is 5.11 Å². The molecule has 0 spiro atoms. The van der Waals surface area contributed by atoms with Gasteiger partial charge in [-0.3, -0.25) is 0 Å². The molecule has 8 heteroatoms. The number of aliphatic hydroxyl groups is 1. The van der Waals surface area contributed by atoms with Crippen molar-refractivity contribution in [1.82, 2.24) is 0 Å². The van der Waals surface area contributed by atoms with Crippen LogP contribution in [0.5, 0.6) is 0 Å². The van der Waals surface area contributed by atoms with Gasteiger partial charge in [0.15, 0.2) is 9.84 Å². The Hall–Kier alpha value is -0.180. The fourth-order valence-corrected chi connectivity index (χ4v) is 4.58. The van der Waals surface area contributed by atoms with Crippen molar-refractivity contribution in [2.45, 2.75) is 11.4 Å². The van der Waals surface area contributed by atoms with Crippen LogP contribution in [0.15, 0.2) is 0 Å². The van der Waals surface area contributed by atoms with Gasteiger partial charge in [-0.15, -0.1) is 0 Å². The average molecular weight is 215 g/mol. The number of hydrogen-bond donors (Lipinski definition) is 1. The summed E-state index contributed by atoms with van der Waals surface area (Å²) in [6.07, 6.45) is -1.57. The lowest BCUT2D eigenvalue weighted by Crippen LogP contribution is -2.32. The minimum absolute atomic E-state index is 0.640. The second-order valence-corrected chi connectivity index (χ2v) is 6.42. The Morgan fingerprint density at radius 1 is 1.33 bits per heavy atom. The molecule has 1 heterocycles. The molecule has 0 radical (unpaired) electrons. The molecule has 0 bridgehead atoms. The Bertz CT molecular complexity index is 364. The summed E-state index contributed by atoms with van der Waals surface area (Å²) in [4.78, 5) is 0. The van der Waals surface area contributed by atoms with Gasteiger partial charge < -0.3 is 9.66 Å². The first kappa shape index (κ1) is 9.90. The molecular weight excluding hydrogens is 208 g/mol. The summed E-state index contributed by atoms with van der Waals surface area (Å²) in [6, 6.07) is 0. The third-order valence-corrected chi connectivity index (χ3v) is 4.79. The molecule has 0 aromatic heterocycles. The zero-order valence-corrected chi connectivity index (χ0v) is 7.51. The lowest BCUT2D eigenvalue weighted by atomic mass is 10.3. The summed E-state index contributed by atoms with van der Waals surface area (Å²) < 4.78 is 52.5. The van der Waals surface area contributed by atoms with E-state index >= 15 is 0 Å². The monoisotopic (exact) mass is 215 g/mol. The van der Waals surface area contributed by atoms with Gasteiger partial charge in [-0.25, -0.2) is 16.8 Å². The Kier molecular flexibility index (Phi) is 2.19. The van der Waals surface area contributed by atoms with Crippen LogP contribution in [-0.4, -0.2) is 49.4 Å². The highest BCUT2D eigenvalue weighted by Gasteiger charge is 2.40. The van der Waals surface area contributed by atoms with E-state index < -0.39 is 42.8 Å². The normalized spacial score (nSPS) is 35.2. The predicted octanol–water partition coefficient (Wildman–Crippen LogP) is -2.31.